The van der Waals surface area contributed by atoms with Gasteiger partial charge in [0.15, 0.2) is 17.5 Å². The summed E-state index contributed by atoms with van der Waals surface area (Å²) in [6, 6.07) is 36.3. The van der Waals surface area contributed by atoms with Crippen LogP contribution in [0.5, 0.6) is 0 Å². The lowest BCUT2D eigenvalue weighted by molar-refractivity contribution is 0.815. The summed E-state index contributed by atoms with van der Waals surface area (Å²) in [6.07, 6.45) is 0. The highest BCUT2D eigenvalue weighted by Gasteiger charge is 2.41. The van der Waals surface area contributed by atoms with Gasteiger partial charge in [0.1, 0.15) is 0 Å². The molecule has 0 fully saturated rings. The number of aromatic nitrogens is 2. The smallest absolute Gasteiger partial charge is 0.179 e. The van der Waals surface area contributed by atoms with Crippen molar-refractivity contribution in [2.45, 2.75) is 13.0 Å². The summed E-state index contributed by atoms with van der Waals surface area (Å²) >= 11 is 6.31. The topological polar surface area (TPSA) is 57.8 Å². The number of anilines is 2. The van der Waals surface area contributed by atoms with Gasteiger partial charge in [0.2, 0.25) is 0 Å². The summed E-state index contributed by atoms with van der Waals surface area (Å²) in [5, 5.41) is 9.12. The molecule has 7 rings (SSSR count). The van der Waals surface area contributed by atoms with E-state index in [1.165, 1.54) is 0 Å². The number of fused-ring (bicyclic) bond motifs is 4. The van der Waals surface area contributed by atoms with Crippen LogP contribution in [0.4, 0.5) is 22.9 Å². The molecule has 2 aliphatic heterocycles. The molecule has 7 heteroatoms. The SMILES string of the molecule is Cc1nn(-c2ccccc2)c2c1C(c1ccccc1)N1C(=N2)C(Nc2cccc(Cl)c2)=Nc2ccccc21. The minimum absolute atomic E-state index is 0.149. The molecule has 0 radical (unpaired) electrons. The van der Waals surface area contributed by atoms with Crippen LogP contribution in [0.2, 0.25) is 5.02 Å². The van der Waals surface area contributed by atoms with Crippen molar-refractivity contribution in [3.63, 3.8) is 0 Å². The quantitative estimate of drug-likeness (QED) is 0.269. The van der Waals surface area contributed by atoms with Crippen LogP contribution >= 0.6 is 11.6 Å². The van der Waals surface area contributed by atoms with Gasteiger partial charge in [-0.3, -0.25) is 0 Å². The van der Waals surface area contributed by atoms with Gasteiger partial charge in [-0.2, -0.15) is 5.10 Å². The Morgan fingerprint density at radius 2 is 1.53 bits per heavy atom. The Morgan fingerprint density at radius 1 is 0.789 bits per heavy atom. The second kappa shape index (κ2) is 9.01. The van der Waals surface area contributed by atoms with E-state index in [1.54, 1.807) is 0 Å². The average molecular weight is 515 g/mol. The Morgan fingerprint density at radius 3 is 2.32 bits per heavy atom. The molecule has 0 spiro atoms. The average Bonchev–Trinajstić information content (AvgIpc) is 3.29. The Labute approximate surface area is 225 Å². The standard InChI is InChI=1S/C31H23ClN6/c1-20-27-28(21-11-4-2-5-12-21)37-26-18-9-8-17-25(26)34-29(33-23-14-10-13-22(32)19-23)31(37)35-30(27)38(36-20)24-15-6-3-7-16-24/h2-19,28H,1H3,(H,33,34). The number of nitrogens with zero attached hydrogens (tertiary/aromatic N) is 5. The van der Waals surface area contributed by atoms with E-state index >= 15 is 0 Å². The molecule has 2 aliphatic rings. The molecule has 1 aromatic heterocycles. The predicted octanol–water partition coefficient (Wildman–Crippen LogP) is 7.63. The second-order valence-electron chi connectivity index (χ2n) is 9.27. The van der Waals surface area contributed by atoms with Crippen LogP contribution in [0.3, 0.4) is 0 Å². The van der Waals surface area contributed by atoms with Gasteiger partial charge in [-0.1, -0.05) is 78.3 Å². The highest BCUT2D eigenvalue weighted by molar-refractivity contribution is 6.51. The molecule has 3 heterocycles. The molecular formula is C31H23ClN6. The van der Waals surface area contributed by atoms with Crippen LogP contribution in [-0.2, 0) is 0 Å². The molecular weight excluding hydrogens is 492 g/mol. The summed E-state index contributed by atoms with van der Waals surface area (Å²) in [5.74, 6) is 2.17. The van der Waals surface area contributed by atoms with Gasteiger partial charge >= 0.3 is 0 Å². The molecule has 5 aromatic rings. The molecule has 1 atom stereocenters. The first kappa shape index (κ1) is 22.5. The van der Waals surface area contributed by atoms with Gasteiger partial charge in [0.05, 0.1) is 28.8 Å². The maximum atomic E-state index is 6.31. The zero-order valence-corrected chi connectivity index (χ0v) is 21.3. The first-order chi connectivity index (χ1) is 18.7. The van der Waals surface area contributed by atoms with E-state index in [0.717, 1.165) is 51.2 Å². The van der Waals surface area contributed by atoms with Crippen molar-refractivity contribution in [1.82, 2.24) is 9.78 Å². The summed E-state index contributed by atoms with van der Waals surface area (Å²) in [7, 11) is 0. The predicted molar refractivity (Wildman–Crippen MR) is 155 cm³/mol. The third-order valence-electron chi connectivity index (χ3n) is 6.84. The molecule has 0 aliphatic carbocycles. The molecule has 4 aromatic carbocycles. The van der Waals surface area contributed by atoms with Crippen LogP contribution < -0.4 is 10.2 Å². The number of benzene rings is 4. The van der Waals surface area contributed by atoms with E-state index in [-0.39, 0.29) is 6.04 Å². The van der Waals surface area contributed by atoms with Crippen LogP contribution in [0, 0.1) is 6.92 Å². The Kier molecular flexibility index (Phi) is 5.34. The van der Waals surface area contributed by atoms with E-state index < -0.39 is 0 Å². The van der Waals surface area contributed by atoms with Crippen molar-refractivity contribution in [3.05, 3.63) is 131 Å². The van der Waals surface area contributed by atoms with Gasteiger partial charge in [0.25, 0.3) is 0 Å². The Hall–Kier alpha value is -4.68. The van der Waals surface area contributed by atoms with Crippen molar-refractivity contribution >= 4 is 46.2 Å². The molecule has 0 saturated heterocycles. The number of amidine groups is 2. The fourth-order valence-corrected chi connectivity index (χ4v) is 5.39. The molecule has 0 saturated carbocycles. The fourth-order valence-electron chi connectivity index (χ4n) is 5.20. The van der Waals surface area contributed by atoms with E-state index in [9.17, 15) is 0 Å². The fraction of sp³-hybridized carbons (Fsp3) is 0.0645. The van der Waals surface area contributed by atoms with Gasteiger partial charge in [-0.15, -0.1) is 0 Å². The number of hydrogen-bond acceptors (Lipinski definition) is 5. The summed E-state index contributed by atoms with van der Waals surface area (Å²) in [5.41, 5.74) is 6.82. The largest absolute Gasteiger partial charge is 0.337 e. The number of hydrogen-bond donors (Lipinski definition) is 1. The highest BCUT2D eigenvalue weighted by atomic mass is 35.5. The maximum absolute atomic E-state index is 6.31. The van der Waals surface area contributed by atoms with Crippen molar-refractivity contribution in [3.8, 4) is 5.69 Å². The first-order valence-electron chi connectivity index (χ1n) is 12.5. The van der Waals surface area contributed by atoms with Gasteiger partial charge in [-0.05, 0) is 55.0 Å². The van der Waals surface area contributed by atoms with Gasteiger partial charge in [0, 0.05) is 16.3 Å². The number of nitrogens with one attached hydrogen (secondary N) is 1. The van der Waals surface area contributed by atoms with Crippen molar-refractivity contribution in [2.24, 2.45) is 9.98 Å². The summed E-state index contributed by atoms with van der Waals surface area (Å²) in [4.78, 5) is 12.6. The third kappa shape index (κ3) is 3.69. The second-order valence-corrected chi connectivity index (χ2v) is 9.71. The zero-order chi connectivity index (χ0) is 25.6. The summed E-state index contributed by atoms with van der Waals surface area (Å²) < 4.78 is 1.93. The molecule has 0 amide bonds. The zero-order valence-electron chi connectivity index (χ0n) is 20.6. The van der Waals surface area contributed by atoms with Crippen LogP contribution in [0.15, 0.2) is 119 Å². The molecule has 0 bridgehead atoms. The van der Waals surface area contributed by atoms with Gasteiger partial charge in [-0.25, -0.2) is 14.7 Å². The first-order valence-corrected chi connectivity index (χ1v) is 12.8. The molecule has 184 valence electrons. The minimum Gasteiger partial charge on any atom is -0.337 e. The monoisotopic (exact) mass is 514 g/mol. The number of halogens is 1. The van der Waals surface area contributed by atoms with E-state index in [1.807, 2.05) is 83.5 Å². The van der Waals surface area contributed by atoms with Gasteiger partial charge < -0.3 is 10.2 Å². The van der Waals surface area contributed by atoms with Crippen molar-refractivity contribution in [1.29, 1.82) is 0 Å². The lowest BCUT2D eigenvalue weighted by Gasteiger charge is -2.40. The Bertz CT molecular complexity index is 1720. The maximum Gasteiger partial charge on any atom is 0.179 e. The molecule has 1 unspecified atom stereocenters. The minimum atomic E-state index is -0.149. The molecule has 6 nitrogen and oxygen atoms in total. The normalized spacial score (nSPS) is 15.6. The third-order valence-corrected chi connectivity index (χ3v) is 7.08. The van der Waals surface area contributed by atoms with E-state index in [0.29, 0.717) is 10.9 Å². The lowest BCUT2D eigenvalue weighted by atomic mass is 9.93. The summed E-state index contributed by atoms with van der Waals surface area (Å²) in [6.45, 7) is 2.06. The number of rotatable bonds is 3. The highest BCUT2D eigenvalue weighted by Crippen LogP contribution is 2.48. The number of para-hydroxylation sites is 3. The van der Waals surface area contributed by atoms with E-state index in [4.69, 9.17) is 26.7 Å². The van der Waals surface area contributed by atoms with Crippen molar-refractivity contribution < 1.29 is 0 Å². The van der Waals surface area contributed by atoms with Crippen LogP contribution in [-0.4, -0.2) is 21.5 Å². The van der Waals surface area contributed by atoms with Crippen molar-refractivity contribution in [2.75, 3.05) is 10.2 Å². The number of aliphatic imine (C=N–C) groups is 2. The van der Waals surface area contributed by atoms with Crippen LogP contribution in [0.25, 0.3) is 5.69 Å². The molecule has 38 heavy (non-hydrogen) atoms. The number of aryl methyl sites for hydroxylation is 1. The Balaban J connectivity index is 1.50. The lowest BCUT2D eigenvalue weighted by Crippen LogP contribution is -2.46. The van der Waals surface area contributed by atoms with E-state index in [2.05, 4.69) is 47.5 Å². The molecule has 1 N–H and O–H groups in total. The van der Waals surface area contributed by atoms with Crippen LogP contribution in [0.1, 0.15) is 22.9 Å².